The Morgan fingerprint density at radius 1 is 1.38 bits per heavy atom. The van der Waals surface area contributed by atoms with E-state index in [-0.39, 0.29) is 25.5 Å². The number of nitrogens with zero attached hydrogens (tertiary/aromatic N) is 3. The summed E-state index contributed by atoms with van der Waals surface area (Å²) in [5.74, 6) is -0.923. The molecule has 11 heteroatoms. The van der Waals surface area contributed by atoms with Gasteiger partial charge in [0.25, 0.3) is 11.8 Å². The van der Waals surface area contributed by atoms with Gasteiger partial charge in [-0.3, -0.25) is 9.59 Å². The number of thiazole rings is 1. The lowest BCUT2D eigenvalue weighted by atomic mass is 10.2. The standard InChI is InChI=1S/C13H11ClN4O4S2/c14-7-1-2-8-10(5-7)23-12(15-8)13(20)17-3-4-18-9(6-17)11(19)16-24(18,21)22/h1-2,5,9H,3-4,6H2,(H,16,19). The van der Waals surface area contributed by atoms with Crippen molar-refractivity contribution < 1.29 is 18.0 Å². The summed E-state index contributed by atoms with van der Waals surface area (Å²) < 4.78 is 27.4. The molecule has 0 bridgehead atoms. The molecule has 2 saturated heterocycles. The molecule has 2 amide bonds. The number of hydrogen-bond acceptors (Lipinski definition) is 6. The quantitative estimate of drug-likeness (QED) is 0.767. The van der Waals surface area contributed by atoms with Crippen LogP contribution in [-0.4, -0.2) is 60.1 Å². The van der Waals surface area contributed by atoms with Crippen LogP contribution >= 0.6 is 22.9 Å². The third kappa shape index (κ3) is 2.46. The van der Waals surface area contributed by atoms with Crippen LogP contribution in [0.2, 0.25) is 5.02 Å². The van der Waals surface area contributed by atoms with Crippen molar-refractivity contribution in [3.63, 3.8) is 0 Å². The number of halogens is 1. The molecule has 0 saturated carbocycles. The number of carbonyl (C=O) groups excluding carboxylic acids is 2. The lowest BCUT2D eigenvalue weighted by Crippen LogP contribution is -2.54. The van der Waals surface area contributed by atoms with Gasteiger partial charge in [-0.25, -0.2) is 9.71 Å². The zero-order valence-corrected chi connectivity index (χ0v) is 14.5. The average molecular weight is 387 g/mol. The van der Waals surface area contributed by atoms with E-state index >= 15 is 0 Å². The van der Waals surface area contributed by atoms with Crippen LogP contribution in [-0.2, 0) is 15.0 Å². The maximum atomic E-state index is 12.7. The van der Waals surface area contributed by atoms with Gasteiger partial charge in [0, 0.05) is 24.7 Å². The molecule has 0 aliphatic carbocycles. The molecule has 2 aromatic rings. The molecule has 0 radical (unpaired) electrons. The van der Waals surface area contributed by atoms with E-state index < -0.39 is 22.2 Å². The monoisotopic (exact) mass is 386 g/mol. The molecule has 0 spiro atoms. The molecule has 2 fully saturated rings. The largest absolute Gasteiger partial charge is 0.333 e. The Morgan fingerprint density at radius 2 is 2.17 bits per heavy atom. The summed E-state index contributed by atoms with van der Waals surface area (Å²) in [5, 5.41) is 0.855. The summed E-state index contributed by atoms with van der Waals surface area (Å²) in [6.45, 7) is 0.301. The van der Waals surface area contributed by atoms with Gasteiger partial charge >= 0.3 is 10.2 Å². The molecule has 1 atom stereocenters. The first kappa shape index (κ1) is 15.8. The van der Waals surface area contributed by atoms with Gasteiger partial charge in [0.1, 0.15) is 6.04 Å². The van der Waals surface area contributed by atoms with Crippen molar-refractivity contribution in [1.29, 1.82) is 0 Å². The average Bonchev–Trinajstić information content (AvgIpc) is 3.05. The number of piperazine rings is 1. The Balaban J connectivity index is 1.60. The van der Waals surface area contributed by atoms with E-state index in [1.807, 2.05) is 4.72 Å². The van der Waals surface area contributed by atoms with E-state index in [1.165, 1.54) is 16.2 Å². The SMILES string of the molecule is O=C1NS(=O)(=O)N2CCN(C(=O)c3nc4ccc(Cl)cc4s3)CC12. The molecule has 126 valence electrons. The molecule has 24 heavy (non-hydrogen) atoms. The third-order valence-corrected chi connectivity index (χ3v) is 6.75. The number of rotatable bonds is 1. The second kappa shape index (κ2) is 5.38. The van der Waals surface area contributed by atoms with Crippen molar-refractivity contribution in [1.82, 2.24) is 18.9 Å². The summed E-state index contributed by atoms with van der Waals surface area (Å²) in [6.07, 6.45) is 0. The third-order valence-electron chi connectivity index (χ3n) is 3.99. The minimum atomic E-state index is -3.77. The van der Waals surface area contributed by atoms with E-state index in [9.17, 15) is 18.0 Å². The van der Waals surface area contributed by atoms with Gasteiger partial charge in [0.05, 0.1) is 10.2 Å². The topological polar surface area (TPSA) is 99.7 Å². The normalized spacial score (nSPS) is 23.3. The maximum Gasteiger partial charge on any atom is 0.304 e. The fourth-order valence-corrected chi connectivity index (χ4v) is 5.37. The summed E-state index contributed by atoms with van der Waals surface area (Å²) >= 11 is 7.16. The number of aromatic nitrogens is 1. The van der Waals surface area contributed by atoms with E-state index in [2.05, 4.69) is 4.98 Å². The Kier molecular flexibility index (Phi) is 3.53. The molecule has 2 aliphatic rings. The van der Waals surface area contributed by atoms with Crippen molar-refractivity contribution in [2.24, 2.45) is 0 Å². The van der Waals surface area contributed by atoms with E-state index in [0.717, 1.165) is 9.01 Å². The summed E-state index contributed by atoms with van der Waals surface area (Å²) in [5.41, 5.74) is 0.674. The van der Waals surface area contributed by atoms with E-state index in [4.69, 9.17) is 11.6 Å². The highest BCUT2D eigenvalue weighted by atomic mass is 35.5. The number of amides is 2. The molecule has 3 heterocycles. The van der Waals surface area contributed by atoms with Crippen LogP contribution in [0.15, 0.2) is 18.2 Å². The lowest BCUT2D eigenvalue weighted by molar-refractivity contribution is -0.122. The summed E-state index contributed by atoms with van der Waals surface area (Å²) in [4.78, 5) is 30.2. The highest BCUT2D eigenvalue weighted by Crippen LogP contribution is 2.27. The number of benzene rings is 1. The van der Waals surface area contributed by atoms with Gasteiger partial charge in [-0.2, -0.15) is 12.7 Å². The van der Waals surface area contributed by atoms with Gasteiger partial charge < -0.3 is 4.90 Å². The molecule has 1 aromatic carbocycles. The lowest BCUT2D eigenvalue weighted by Gasteiger charge is -2.33. The van der Waals surface area contributed by atoms with Crippen LogP contribution in [0.4, 0.5) is 0 Å². The first-order valence-electron chi connectivity index (χ1n) is 7.04. The van der Waals surface area contributed by atoms with Gasteiger partial charge in [-0.05, 0) is 18.2 Å². The second-order valence-corrected chi connectivity index (χ2v) is 8.57. The van der Waals surface area contributed by atoms with Crippen molar-refractivity contribution in [2.75, 3.05) is 19.6 Å². The molecule has 4 rings (SSSR count). The zero-order chi connectivity index (χ0) is 17.1. The van der Waals surface area contributed by atoms with Crippen molar-refractivity contribution in [2.45, 2.75) is 6.04 Å². The highest BCUT2D eigenvalue weighted by Gasteiger charge is 2.47. The minimum Gasteiger partial charge on any atom is -0.333 e. The predicted octanol–water partition coefficient (Wildman–Crippen LogP) is 0.451. The summed E-state index contributed by atoms with van der Waals surface area (Å²) in [7, 11) is -3.77. The fraction of sp³-hybridized carbons (Fsp3) is 0.308. The van der Waals surface area contributed by atoms with Crippen LogP contribution in [0, 0.1) is 0 Å². The van der Waals surface area contributed by atoms with Crippen molar-refractivity contribution in [3.05, 3.63) is 28.2 Å². The molecule has 1 unspecified atom stereocenters. The molecule has 1 aromatic heterocycles. The molecule has 2 aliphatic heterocycles. The fourth-order valence-electron chi connectivity index (χ4n) is 2.83. The van der Waals surface area contributed by atoms with Crippen molar-refractivity contribution in [3.8, 4) is 0 Å². The second-order valence-electron chi connectivity index (χ2n) is 5.48. The minimum absolute atomic E-state index is 0.0145. The van der Waals surface area contributed by atoms with E-state index in [1.54, 1.807) is 18.2 Å². The molecule has 1 N–H and O–H groups in total. The van der Waals surface area contributed by atoms with Crippen LogP contribution in [0.3, 0.4) is 0 Å². The first-order valence-corrected chi connectivity index (χ1v) is 9.67. The van der Waals surface area contributed by atoms with Gasteiger partial charge in [-0.1, -0.05) is 11.6 Å². The van der Waals surface area contributed by atoms with Gasteiger partial charge in [-0.15, -0.1) is 11.3 Å². The molecular weight excluding hydrogens is 376 g/mol. The number of carbonyl (C=O) groups is 2. The number of nitrogens with one attached hydrogen (secondary N) is 1. The first-order chi connectivity index (χ1) is 11.3. The Hall–Kier alpha value is -1.75. The van der Waals surface area contributed by atoms with Crippen molar-refractivity contribution >= 4 is 55.2 Å². The van der Waals surface area contributed by atoms with Crippen LogP contribution in [0.25, 0.3) is 10.2 Å². The Bertz CT molecular complexity index is 974. The van der Waals surface area contributed by atoms with Crippen LogP contribution < -0.4 is 4.72 Å². The highest BCUT2D eigenvalue weighted by molar-refractivity contribution is 7.88. The molecular formula is C13H11ClN4O4S2. The maximum absolute atomic E-state index is 12.7. The Labute approximate surface area is 146 Å². The van der Waals surface area contributed by atoms with Crippen LogP contribution in [0.5, 0.6) is 0 Å². The number of fused-ring (bicyclic) bond motifs is 2. The van der Waals surface area contributed by atoms with Gasteiger partial charge in [0.2, 0.25) is 0 Å². The zero-order valence-electron chi connectivity index (χ0n) is 12.1. The predicted molar refractivity (Wildman–Crippen MR) is 88.1 cm³/mol. The number of hydrogen-bond donors (Lipinski definition) is 1. The smallest absolute Gasteiger partial charge is 0.304 e. The summed E-state index contributed by atoms with van der Waals surface area (Å²) in [6, 6.07) is 4.29. The van der Waals surface area contributed by atoms with Gasteiger partial charge in [0.15, 0.2) is 5.01 Å². The van der Waals surface area contributed by atoms with E-state index in [0.29, 0.717) is 15.5 Å². The Morgan fingerprint density at radius 3 is 2.96 bits per heavy atom. The molecule has 8 nitrogen and oxygen atoms in total. The van der Waals surface area contributed by atoms with Crippen LogP contribution in [0.1, 0.15) is 9.80 Å².